The van der Waals surface area contributed by atoms with Gasteiger partial charge in [-0.05, 0) is 78.8 Å². The summed E-state index contributed by atoms with van der Waals surface area (Å²) in [5.41, 5.74) is 6.00. The van der Waals surface area contributed by atoms with Crippen LogP contribution >= 0.6 is 23.2 Å². The van der Waals surface area contributed by atoms with E-state index in [9.17, 15) is 0 Å². The van der Waals surface area contributed by atoms with Crippen molar-refractivity contribution in [3.05, 3.63) is 99.3 Å². The number of hydrogen-bond donors (Lipinski definition) is 0. The Hall–Kier alpha value is -2.77. The third-order valence-electron chi connectivity index (χ3n) is 7.66. The van der Waals surface area contributed by atoms with Crippen molar-refractivity contribution in [2.45, 2.75) is 43.6 Å². The number of fused-ring (bicyclic) bond motifs is 1. The van der Waals surface area contributed by atoms with Crippen LogP contribution < -0.4 is 0 Å². The molecule has 1 aromatic heterocycles. The second-order valence-corrected chi connectivity index (χ2v) is 11.0. The first kappa shape index (κ1) is 23.6. The van der Waals surface area contributed by atoms with Crippen LogP contribution in [-0.4, -0.2) is 34.1 Å². The van der Waals surface area contributed by atoms with Crippen LogP contribution in [-0.2, 0) is 0 Å². The SMILES string of the molecule is C#CCN1CCC(n2c(C3CC3)nc3ccc(C(c4ccc(Cl)cc4)c4ccc(Cl)cc4)cc32)CC1. The van der Waals surface area contributed by atoms with Crippen LogP contribution in [0.1, 0.15) is 66.1 Å². The maximum atomic E-state index is 6.24. The lowest BCUT2D eigenvalue weighted by atomic mass is 9.85. The fourth-order valence-corrected chi connectivity index (χ4v) is 5.93. The van der Waals surface area contributed by atoms with Crippen molar-refractivity contribution in [3.63, 3.8) is 0 Å². The highest BCUT2D eigenvalue weighted by Crippen LogP contribution is 2.44. The van der Waals surface area contributed by atoms with Gasteiger partial charge in [-0.25, -0.2) is 4.98 Å². The van der Waals surface area contributed by atoms with Gasteiger partial charge in [0.2, 0.25) is 0 Å². The van der Waals surface area contributed by atoms with Gasteiger partial charge in [-0.2, -0.15) is 0 Å². The highest BCUT2D eigenvalue weighted by molar-refractivity contribution is 6.30. The third kappa shape index (κ3) is 4.66. The second-order valence-electron chi connectivity index (χ2n) is 10.1. The summed E-state index contributed by atoms with van der Waals surface area (Å²) in [6, 6.07) is 23.7. The lowest BCUT2D eigenvalue weighted by Gasteiger charge is -2.32. The highest BCUT2D eigenvalue weighted by atomic mass is 35.5. The van der Waals surface area contributed by atoms with Gasteiger partial charge in [0.05, 0.1) is 17.6 Å². The Morgan fingerprint density at radius 3 is 1.97 bits per heavy atom. The molecule has 0 atom stereocenters. The standard InChI is InChI=1S/C31H29Cl2N3/c1-2-17-35-18-15-27(16-19-35)36-29-20-24(9-14-28(29)34-31(36)23-3-4-23)30(21-5-10-25(32)11-6-21)22-7-12-26(33)13-8-22/h1,5-14,20,23,27,30H,3-4,15-19H2. The van der Waals surface area contributed by atoms with Gasteiger partial charge < -0.3 is 4.57 Å². The minimum absolute atomic E-state index is 0.0779. The Labute approximate surface area is 223 Å². The Morgan fingerprint density at radius 2 is 1.42 bits per heavy atom. The third-order valence-corrected chi connectivity index (χ3v) is 8.16. The number of terminal acetylenes is 1. The molecule has 2 aliphatic rings. The topological polar surface area (TPSA) is 21.1 Å². The minimum atomic E-state index is 0.0779. The predicted molar refractivity (Wildman–Crippen MR) is 149 cm³/mol. The van der Waals surface area contributed by atoms with E-state index in [1.165, 1.54) is 40.9 Å². The molecule has 0 amide bonds. The molecule has 0 spiro atoms. The number of rotatable bonds is 6. The molecule has 0 radical (unpaired) electrons. The molecule has 0 N–H and O–H groups in total. The molecule has 1 saturated carbocycles. The largest absolute Gasteiger partial charge is 0.325 e. The van der Waals surface area contributed by atoms with Crippen molar-refractivity contribution in [1.82, 2.24) is 14.5 Å². The van der Waals surface area contributed by atoms with Gasteiger partial charge in [-0.15, -0.1) is 6.42 Å². The van der Waals surface area contributed by atoms with E-state index in [-0.39, 0.29) is 5.92 Å². The Balaban J connectivity index is 1.45. The molecule has 1 aliphatic carbocycles. The summed E-state index contributed by atoms with van der Waals surface area (Å²) < 4.78 is 2.57. The lowest BCUT2D eigenvalue weighted by Crippen LogP contribution is -2.35. The molecule has 0 bridgehead atoms. The van der Waals surface area contributed by atoms with Crippen LogP contribution in [0.2, 0.25) is 10.0 Å². The second kappa shape index (κ2) is 9.94. The molecule has 2 heterocycles. The van der Waals surface area contributed by atoms with Crippen LogP contribution in [0.4, 0.5) is 0 Å². The van der Waals surface area contributed by atoms with E-state index in [1.54, 1.807) is 0 Å². The van der Waals surface area contributed by atoms with Gasteiger partial charge in [-0.3, -0.25) is 4.90 Å². The molecule has 4 aromatic rings. The first-order valence-electron chi connectivity index (χ1n) is 12.8. The van der Waals surface area contributed by atoms with Gasteiger partial charge in [0, 0.05) is 41.0 Å². The van der Waals surface area contributed by atoms with Crippen molar-refractivity contribution in [3.8, 4) is 12.3 Å². The van der Waals surface area contributed by atoms with Crippen LogP contribution in [0.25, 0.3) is 11.0 Å². The van der Waals surface area contributed by atoms with E-state index in [2.05, 4.69) is 57.9 Å². The molecule has 1 saturated heterocycles. The first-order valence-corrected chi connectivity index (χ1v) is 13.5. The first-order chi connectivity index (χ1) is 17.6. The average molecular weight is 515 g/mol. The molecular weight excluding hydrogens is 485 g/mol. The van der Waals surface area contributed by atoms with Crippen LogP contribution in [0.15, 0.2) is 66.7 Å². The monoisotopic (exact) mass is 513 g/mol. The van der Waals surface area contributed by atoms with Crippen molar-refractivity contribution in [1.29, 1.82) is 0 Å². The smallest absolute Gasteiger partial charge is 0.113 e. The van der Waals surface area contributed by atoms with Crippen molar-refractivity contribution < 1.29 is 0 Å². The van der Waals surface area contributed by atoms with E-state index in [0.29, 0.717) is 12.0 Å². The van der Waals surface area contributed by atoms with E-state index < -0.39 is 0 Å². The minimum Gasteiger partial charge on any atom is -0.325 e. The number of imidazole rings is 1. The van der Waals surface area contributed by atoms with E-state index in [4.69, 9.17) is 34.6 Å². The normalized spacial score (nSPS) is 17.1. The number of hydrogen-bond acceptors (Lipinski definition) is 2. The number of likely N-dealkylation sites (tertiary alicyclic amines) is 1. The van der Waals surface area contributed by atoms with Crippen LogP contribution in [0.5, 0.6) is 0 Å². The molecule has 3 aromatic carbocycles. The molecular formula is C31H29Cl2N3. The number of halogens is 2. The summed E-state index contributed by atoms with van der Waals surface area (Å²) >= 11 is 12.5. The number of nitrogens with zero attached hydrogens (tertiary/aromatic N) is 3. The van der Waals surface area contributed by atoms with Crippen molar-refractivity contribution >= 4 is 34.2 Å². The summed E-state index contributed by atoms with van der Waals surface area (Å²) in [5.74, 6) is 4.74. The average Bonchev–Trinajstić information content (AvgIpc) is 3.68. The number of benzene rings is 3. The Bertz CT molecular complexity index is 1360. The molecule has 2 fully saturated rings. The summed E-state index contributed by atoms with van der Waals surface area (Å²) in [4.78, 5) is 7.54. The molecule has 0 unspecified atom stereocenters. The zero-order chi connectivity index (χ0) is 24.6. The quantitative estimate of drug-likeness (QED) is 0.195. The van der Waals surface area contributed by atoms with E-state index >= 15 is 0 Å². The lowest BCUT2D eigenvalue weighted by molar-refractivity contribution is 0.205. The highest BCUT2D eigenvalue weighted by Gasteiger charge is 2.33. The zero-order valence-corrected chi connectivity index (χ0v) is 21.7. The molecule has 1 aliphatic heterocycles. The van der Waals surface area contributed by atoms with E-state index in [1.807, 2.05) is 24.3 Å². The van der Waals surface area contributed by atoms with Gasteiger partial charge in [0.25, 0.3) is 0 Å². The molecule has 5 heteroatoms. The predicted octanol–water partition coefficient (Wildman–Crippen LogP) is 7.67. The fraction of sp³-hybridized carbons (Fsp3) is 0.323. The Kier molecular flexibility index (Phi) is 6.52. The van der Waals surface area contributed by atoms with Gasteiger partial charge >= 0.3 is 0 Å². The molecule has 36 heavy (non-hydrogen) atoms. The number of piperidine rings is 1. The van der Waals surface area contributed by atoms with Gasteiger partial charge in [0.1, 0.15) is 5.82 Å². The summed E-state index contributed by atoms with van der Waals surface area (Å²) in [5, 5.41) is 1.49. The molecule has 182 valence electrons. The van der Waals surface area contributed by atoms with Crippen LogP contribution in [0, 0.1) is 12.3 Å². The number of aromatic nitrogens is 2. The van der Waals surface area contributed by atoms with Gasteiger partial charge in [-0.1, -0.05) is 59.5 Å². The maximum absolute atomic E-state index is 6.24. The fourth-order valence-electron chi connectivity index (χ4n) is 5.67. The summed E-state index contributed by atoms with van der Waals surface area (Å²) in [7, 11) is 0. The van der Waals surface area contributed by atoms with Gasteiger partial charge in [0.15, 0.2) is 0 Å². The Morgan fingerprint density at radius 1 is 0.833 bits per heavy atom. The van der Waals surface area contributed by atoms with Crippen LogP contribution in [0.3, 0.4) is 0 Å². The summed E-state index contributed by atoms with van der Waals surface area (Å²) in [6.45, 7) is 2.81. The van der Waals surface area contributed by atoms with E-state index in [0.717, 1.165) is 48.0 Å². The maximum Gasteiger partial charge on any atom is 0.113 e. The molecule has 6 rings (SSSR count). The van der Waals surface area contributed by atoms with Crippen molar-refractivity contribution in [2.75, 3.05) is 19.6 Å². The molecule has 3 nitrogen and oxygen atoms in total. The summed E-state index contributed by atoms with van der Waals surface area (Å²) in [6.07, 6.45) is 10.3. The van der Waals surface area contributed by atoms with Crippen molar-refractivity contribution in [2.24, 2.45) is 0 Å². The zero-order valence-electron chi connectivity index (χ0n) is 20.2.